The first kappa shape index (κ1) is 9.94. The van der Waals surface area contributed by atoms with Gasteiger partial charge in [0.2, 0.25) is 0 Å². The summed E-state index contributed by atoms with van der Waals surface area (Å²) in [5.41, 5.74) is 0. The van der Waals surface area contributed by atoms with E-state index in [1.54, 1.807) is 0 Å². The topological polar surface area (TPSA) is 0 Å². The highest BCUT2D eigenvalue weighted by Gasteiger charge is 2.11. The summed E-state index contributed by atoms with van der Waals surface area (Å²) >= 11 is 7.69. The SMILES string of the molecule is CC(C)(C)Sc1cccc(Cl)c1. The summed E-state index contributed by atoms with van der Waals surface area (Å²) in [7, 11) is 0. The fourth-order valence-corrected chi connectivity index (χ4v) is 2.18. The molecule has 0 aliphatic heterocycles. The average Bonchev–Trinajstić information content (AvgIpc) is 1.82. The molecule has 1 aromatic rings. The molecule has 0 heterocycles. The summed E-state index contributed by atoms with van der Waals surface area (Å²) in [6.07, 6.45) is 0. The molecule has 0 aliphatic rings. The van der Waals surface area contributed by atoms with Gasteiger partial charge in [-0.3, -0.25) is 0 Å². The van der Waals surface area contributed by atoms with E-state index in [1.165, 1.54) is 4.90 Å². The molecule has 0 spiro atoms. The van der Waals surface area contributed by atoms with Crippen LogP contribution in [0, 0.1) is 0 Å². The zero-order valence-corrected chi connectivity index (χ0v) is 9.17. The van der Waals surface area contributed by atoms with Crippen molar-refractivity contribution in [2.45, 2.75) is 30.4 Å². The molecule has 0 saturated carbocycles. The molecule has 0 fully saturated rings. The number of thioether (sulfide) groups is 1. The largest absolute Gasteiger partial charge is 0.120 e. The zero-order valence-electron chi connectivity index (χ0n) is 7.60. The third-order valence-electron chi connectivity index (χ3n) is 1.22. The highest BCUT2D eigenvalue weighted by molar-refractivity contribution is 8.00. The maximum Gasteiger partial charge on any atom is 0.0417 e. The highest BCUT2D eigenvalue weighted by Crippen LogP contribution is 2.32. The molecule has 0 aromatic heterocycles. The van der Waals surface area contributed by atoms with Gasteiger partial charge in [-0.2, -0.15) is 0 Å². The van der Waals surface area contributed by atoms with Gasteiger partial charge >= 0.3 is 0 Å². The molecule has 66 valence electrons. The van der Waals surface area contributed by atoms with Gasteiger partial charge in [0, 0.05) is 14.7 Å². The van der Waals surface area contributed by atoms with Crippen molar-refractivity contribution in [3.63, 3.8) is 0 Å². The van der Waals surface area contributed by atoms with Crippen molar-refractivity contribution in [3.8, 4) is 0 Å². The second-order valence-corrected chi connectivity index (χ2v) is 6.01. The number of hydrogen-bond donors (Lipinski definition) is 0. The van der Waals surface area contributed by atoms with Crippen LogP contribution >= 0.6 is 23.4 Å². The van der Waals surface area contributed by atoms with Crippen LogP contribution in [-0.2, 0) is 0 Å². The molecular formula is C10H13ClS. The molecule has 1 aromatic carbocycles. The lowest BCUT2D eigenvalue weighted by molar-refractivity contribution is 0.803. The first-order chi connectivity index (χ1) is 5.47. The predicted octanol–water partition coefficient (Wildman–Crippen LogP) is 4.23. The third kappa shape index (κ3) is 3.51. The summed E-state index contributed by atoms with van der Waals surface area (Å²) in [5.74, 6) is 0. The molecular weight excluding hydrogens is 188 g/mol. The Bertz CT molecular complexity index is 263. The van der Waals surface area contributed by atoms with Gasteiger partial charge in [0.05, 0.1) is 0 Å². The van der Waals surface area contributed by atoms with E-state index in [4.69, 9.17) is 11.6 Å². The van der Waals surface area contributed by atoms with Gasteiger partial charge in [-0.1, -0.05) is 38.4 Å². The van der Waals surface area contributed by atoms with E-state index >= 15 is 0 Å². The lowest BCUT2D eigenvalue weighted by Gasteiger charge is -2.17. The first-order valence-electron chi connectivity index (χ1n) is 3.92. The Morgan fingerprint density at radius 2 is 1.92 bits per heavy atom. The van der Waals surface area contributed by atoms with Crippen LogP contribution in [0.1, 0.15) is 20.8 Å². The maximum atomic E-state index is 5.86. The number of halogens is 1. The molecule has 0 atom stereocenters. The van der Waals surface area contributed by atoms with Crippen molar-refractivity contribution >= 4 is 23.4 Å². The van der Waals surface area contributed by atoms with Crippen LogP contribution in [0.15, 0.2) is 29.2 Å². The van der Waals surface area contributed by atoms with E-state index in [2.05, 4.69) is 26.8 Å². The Morgan fingerprint density at radius 3 is 2.42 bits per heavy atom. The van der Waals surface area contributed by atoms with Crippen molar-refractivity contribution in [1.29, 1.82) is 0 Å². The van der Waals surface area contributed by atoms with Crippen LogP contribution in [0.4, 0.5) is 0 Å². The molecule has 1 rings (SSSR count). The van der Waals surface area contributed by atoms with Gasteiger partial charge in [0.25, 0.3) is 0 Å². The van der Waals surface area contributed by atoms with E-state index in [0.717, 1.165) is 5.02 Å². The highest BCUT2D eigenvalue weighted by atomic mass is 35.5. The molecule has 0 N–H and O–H groups in total. The summed E-state index contributed by atoms with van der Waals surface area (Å²) in [4.78, 5) is 1.23. The van der Waals surface area contributed by atoms with Crippen LogP contribution in [0.5, 0.6) is 0 Å². The summed E-state index contributed by atoms with van der Waals surface area (Å²) in [5, 5.41) is 0.809. The van der Waals surface area contributed by atoms with E-state index in [9.17, 15) is 0 Å². The van der Waals surface area contributed by atoms with Crippen LogP contribution in [0.2, 0.25) is 5.02 Å². The minimum atomic E-state index is 0.255. The van der Waals surface area contributed by atoms with Crippen molar-refractivity contribution in [1.82, 2.24) is 0 Å². The zero-order chi connectivity index (χ0) is 9.19. The quantitative estimate of drug-likeness (QED) is 0.612. The fourth-order valence-electron chi connectivity index (χ4n) is 0.884. The second-order valence-electron chi connectivity index (χ2n) is 3.67. The van der Waals surface area contributed by atoms with Gasteiger partial charge < -0.3 is 0 Å². The molecule has 2 heteroatoms. The standard InChI is InChI=1S/C10H13ClS/c1-10(2,3)12-9-6-4-5-8(11)7-9/h4-7H,1-3H3. The Kier molecular flexibility index (Phi) is 3.08. The van der Waals surface area contributed by atoms with E-state index in [-0.39, 0.29) is 4.75 Å². The van der Waals surface area contributed by atoms with Crippen LogP contribution < -0.4 is 0 Å². The fraction of sp³-hybridized carbons (Fsp3) is 0.400. The smallest absolute Gasteiger partial charge is 0.0417 e. The van der Waals surface area contributed by atoms with Crippen LogP contribution in [-0.4, -0.2) is 4.75 Å². The molecule has 0 saturated heterocycles. The first-order valence-corrected chi connectivity index (χ1v) is 5.11. The number of hydrogen-bond acceptors (Lipinski definition) is 1. The van der Waals surface area contributed by atoms with Crippen molar-refractivity contribution in [2.24, 2.45) is 0 Å². The molecule has 0 nitrogen and oxygen atoms in total. The predicted molar refractivity (Wildman–Crippen MR) is 57.1 cm³/mol. The summed E-state index contributed by atoms with van der Waals surface area (Å²) < 4.78 is 0.255. The van der Waals surface area contributed by atoms with Gasteiger partial charge in [0.15, 0.2) is 0 Å². The third-order valence-corrected chi connectivity index (χ3v) is 2.56. The van der Waals surface area contributed by atoms with Gasteiger partial charge in [-0.25, -0.2) is 0 Å². The van der Waals surface area contributed by atoms with E-state index in [1.807, 2.05) is 30.0 Å². The van der Waals surface area contributed by atoms with Crippen molar-refractivity contribution in [2.75, 3.05) is 0 Å². The monoisotopic (exact) mass is 200 g/mol. The van der Waals surface area contributed by atoms with Gasteiger partial charge in [-0.15, -0.1) is 11.8 Å². The summed E-state index contributed by atoms with van der Waals surface area (Å²) in [6.45, 7) is 6.58. The molecule has 0 aliphatic carbocycles. The molecule has 0 amide bonds. The molecule has 12 heavy (non-hydrogen) atoms. The second kappa shape index (κ2) is 3.71. The molecule has 0 radical (unpaired) electrons. The Hall–Kier alpha value is -0.140. The molecule has 0 unspecified atom stereocenters. The van der Waals surface area contributed by atoms with Crippen molar-refractivity contribution in [3.05, 3.63) is 29.3 Å². The minimum absolute atomic E-state index is 0.255. The lowest BCUT2D eigenvalue weighted by atomic mass is 10.3. The van der Waals surface area contributed by atoms with Crippen molar-refractivity contribution < 1.29 is 0 Å². The number of benzene rings is 1. The van der Waals surface area contributed by atoms with E-state index in [0.29, 0.717) is 0 Å². The van der Waals surface area contributed by atoms with E-state index < -0.39 is 0 Å². The van der Waals surface area contributed by atoms with Gasteiger partial charge in [0.1, 0.15) is 0 Å². The van der Waals surface area contributed by atoms with Gasteiger partial charge in [-0.05, 0) is 18.2 Å². The Morgan fingerprint density at radius 1 is 1.25 bits per heavy atom. The number of rotatable bonds is 1. The van der Waals surface area contributed by atoms with Crippen LogP contribution in [0.25, 0.3) is 0 Å². The maximum absolute atomic E-state index is 5.86. The average molecular weight is 201 g/mol. The minimum Gasteiger partial charge on any atom is -0.120 e. The Labute approximate surface area is 83.3 Å². The molecule has 0 bridgehead atoms. The lowest BCUT2D eigenvalue weighted by Crippen LogP contribution is -2.06. The normalized spacial score (nSPS) is 11.7. The Balaban J connectivity index is 2.77. The van der Waals surface area contributed by atoms with Crippen LogP contribution in [0.3, 0.4) is 0 Å². The summed E-state index contributed by atoms with van der Waals surface area (Å²) in [6, 6.07) is 7.96.